The van der Waals surface area contributed by atoms with Crippen molar-refractivity contribution in [3.63, 3.8) is 0 Å². The molecule has 0 aliphatic rings. The van der Waals surface area contributed by atoms with Crippen molar-refractivity contribution >= 4 is 35.1 Å². The molecule has 4 nitrogen and oxygen atoms in total. The summed E-state index contributed by atoms with van der Waals surface area (Å²) in [5, 5.41) is 17.7. The van der Waals surface area contributed by atoms with E-state index in [9.17, 15) is 9.59 Å². The van der Waals surface area contributed by atoms with Gasteiger partial charge < -0.3 is 10.2 Å². The van der Waals surface area contributed by atoms with Crippen LogP contribution in [0.15, 0.2) is 12.1 Å². The number of benzene rings is 1. The molecule has 0 atom stereocenters. The van der Waals surface area contributed by atoms with Crippen molar-refractivity contribution in [2.24, 2.45) is 0 Å². The molecule has 0 saturated heterocycles. The second-order valence-electron chi connectivity index (χ2n) is 3.25. The molecule has 0 fully saturated rings. The van der Waals surface area contributed by atoms with Gasteiger partial charge in [0.1, 0.15) is 0 Å². The first-order valence-corrected chi connectivity index (χ1v) is 5.01. The Morgan fingerprint density at radius 2 is 1.50 bits per heavy atom. The Kier molecular flexibility index (Phi) is 3.78. The molecule has 86 valence electrons. The minimum Gasteiger partial charge on any atom is -0.480 e. The first-order chi connectivity index (χ1) is 7.34. The minimum absolute atomic E-state index is 0.0415. The molecule has 0 radical (unpaired) electrons. The fraction of sp³-hybridized carbons (Fsp3) is 0.200. The second kappa shape index (κ2) is 4.72. The summed E-state index contributed by atoms with van der Waals surface area (Å²) in [6.45, 7) is 1.72. The molecule has 1 rings (SSSR count). The molecule has 1 aromatic rings. The maximum atomic E-state index is 10.8. The monoisotopic (exact) mass is 262 g/mol. The number of carboxylic acid groups (broad SMARTS) is 2. The lowest BCUT2D eigenvalue weighted by molar-refractivity contribution is -0.150. The van der Waals surface area contributed by atoms with Crippen LogP contribution in [0.3, 0.4) is 0 Å². The van der Waals surface area contributed by atoms with Gasteiger partial charge >= 0.3 is 11.9 Å². The lowest BCUT2D eigenvalue weighted by atomic mass is 9.98. The molecule has 0 unspecified atom stereocenters. The predicted molar refractivity (Wildman–Crippen MR) is 59.2 cm³/mol. The fourth-order valence-electron chi connectivity index (χ4n) is 1.34. The molecule has 2 N–H and O–H groups in total. The third-order valence-corrected chi connectivity index (χ3v) is 2.63. The standard InChI is InChI=1S/C10H8Cl2O4/c1-4-2-5(11)7(6(12)3-4)8(9(13)14)10(15)16/h2-3,8H,1H3,(H,13,14)(H,15,16). The Hall–Kier alpha value is -1.26. The van der Waals surface area contributed by atoms with Gasteiger partial charge in [0, 0.05) is 15.6 Å². The van der Waals surface area contributed by atoms with E-state index in [4.69, 9.17) is 33.4 Å². The highest BCUT2D eigenvalue weighted by Crippen LogP contribution is 2.33. The van der Waals surface area contributed by atoms with Gasteiger partial charge in [0.05, 0.1) is 0 Å². The van der Waals surface area contributed by atoms with Crippen LogP contribution in [0.25, 0.3) is 0 Å². The quantitative estimate of drug-likeness (QED) is 0.822. The Morgan fingerprint density at radius 3 is 1.81 bits per heavy atom. The summed E-state index contributed by atoms with van der Waals surface area (Å²) in [6, 6.07) is 2.95. The molecule has 1 aromatic carbocycles. The third-order valence-electron chi connectivity index (χ3n) is 2.01. The van der Waals surface area contributed by atoms with E-state index in [1.165, 1.54) is 12.1 Å². The van der Waals surface area contributed by atoms with Crippen molar-refractivity contribution in [2.75, 3.05) is 0 Å². The summed E-state index contributed by atoms with van der Waals surface area (Å²) in [4.78, 5) is 21.7. The Balaban J connectivity index is 3.41. The van der Waals surface area contributed by atoms with Crippen molar-refractivity contribution in [1.82, 2.24) is 0 Å². The summed E-state index contributed by atoms with van der Waals surface area (Å²) in [5.41, 5.74) is 0.641. The number of aryl methyl sites for hydroxylation is 1. The molecule has 0 aromatic heterocycles. The first kappa shape index (κ1) is 12.8. The molecule has 0 amide bonds. The van der Waals surface area contributed by atoms with Crippen LogP contribution < -0.4 is 0 Å². The summed E-state index contributed by atoms with van der Waals surface area (Å²) >= 11 is 11.6. The van der Waals surface area contributed by atoms with Gasteiger partial charge in [-0.05, 0) is 24.6 Å². The van der Waals surface area contributed by atoms with Crippen LogP contribution in [0.1, 0.15) is 17.0 Å². The number of carbonyl (C=O) groups is 2. The smallest absolute Gasteiger partial charge is 0.322 e. The summed E-state index contributed by atoms with van der Waals surface area (Å²) in [6.07, 6.45) is 0. The summed E-state index contributed by atoms with van der Waals surface area (Å²) in [5.74, 6) is -4.75. The largest absolute Gasteiger partial charge is 0.480 e. The molecule has 0 aliphatic heterocycles. The van der Waals surface area contributed by atoms with Gasteiger partial charge in [0.15, 0.2) is 5.92 Å². The molecule has 0 aliphatic carbocycles. The van der Waals surface area contributed by atoms with Crippen LogP contribution in [-0.2, 0) is 9.59 Å². The molecule has 16 heavy (non-hydrogen) atoms. The molecular weight excluding hydrogens is 255 g/mol. The van der Waals surface area contributed by atoms with Gasteiger partial charge in [0.2, 0.25) is 0 Å². The van der Waals surface area contributed by atoms with Crippen molar-refractivity contribution in [3.8, 4) is 0 Å². The Bertz CT molecular complexity index is 419. The predicted octanol–water partition coefficient (Wildman–Crippen LogP) is 2.55. The van der Waals surface area contributed by atoms with Crippen molar-refractivity contribution < 1.29 is 19.8 Å². The minimum atomic E-state index is -1.75. The Labute approximate surface area is 101 Å². The third kappa shape index (κ3) is 2.46. The zero-order valence-corrected chi connectivity index (χ0v) is 9.71. The topological polar surface area (TPSA) is 74.6 Å². The molecule has 0 bridgehead atoms. The average molecular weight is 263 g/mol. The number of aliphatic carboxylic acids is 2. The Morgan fingerprint density at radius 1 is 1.12 bits per heavy atom. The van der Waals surface area contributed by atoms with Crippen LogP contribution >= 0.6 is 23.2 Å². The molecule has 0 spiro atoms. The van der Waals surface area contributed by atoms with E-state index in [2.05, 4.69) is 0 Å². The summed E-state index contributed by atoms with van der Waals surface area (Å²) < 4.78 is 0. The van der Waals surface area contributed by atoms with Crippen LogP contribution in [-0.4, -0.2) is 22.2 Å². The van der Waals surface area contributed by atoms with Crippen molar-refractivity contribution in [1.29, 1.82) is 0 Å². The number of hydrogen-bond acceptors (Lipinski definition) is 2. The summed E-state index contributed by atoms with van der Waals surface area (Å²) in [7, 11) is 0. The van der Waals surface area contributed by atoms with Crippen LogP contribution in [0.4, 0.5) is 0 Å². The highest BCUT2D eigenvalue weighted by atomic mass is 35.5. The van der Waals surface area contributed by atoms with Gasteiger partial charge in [0.25, 0.3) is 0 Å². The molecule has 6 heteroatoms. The molecule has 0 heterocycles. The maximum Gasteiger partial charge on any atom is 0.322 e. The van der Waals surface area contributed by atoms with E-state index in [1.807, 2.05) is 0 Å². The van der Waals surface area contributed by atoms with E-state index in [1.54, 1.807) is 6.92 Å². The number of hydrogen-bond donors (Lipinski definition) is 2. The number of rotatable bonds is 3. The lowest BCUT2D eigenvalue weighted by Crippen LogP contribution is -2.21. The average Bonchev–Trinajstić information content (AvgIpc) is 2.09. The SMILES string of the molecule is Cc1cc(Cl)c(C(C(=O)O)C(=O)O)c(Cl)c1. The van der Waals surface area contributed by atoms with Gasteiger partial charge in [-0.2, -0.15) is 0 Å². The first-order valence-electron chi connectivity index (χ1n) is 4.25. The normalized spacial score (nSPS) is 10.5. The highest BCUT2D eigenvalue weighted by molar-refractivity contribution is 6.37. The maximum absolute atomic E-state index is 10.8. The lowest BCUT2D eigenvalue weighted by Gasteiger charge is -2.12. The van der Waals surface area contributed by atoms with Crippen molar-refractivity contribution in [2.45, 2.75) is 12.8 Å². The van der Waals surface area contributed by atoms with E-state index in [0.29, 0.717) is 0 Å². The van der Waals surface area contributed by atoms with E-state index >= 15 is 0 Å². The van der Waals surface area contributed by atoms with E-state index in [-0.39, 0.29) is 15.6 Å². The number of halogens is 2. The number of carboxylic acids is 2. The van der Waals surface area contributed by atoms with Gasteiger partial charge in [-0.1, -0.05) is 23.2 Å². The molecule has 0 saturated carbocycles. The van der Waals surface area contributed by atoms with E-state index in [0.717, 1.165) is 5.56 Å². The highest BCUT2D eigenvalue weighted by Gasteiger charge is 2.32. The fourth-order valence-corrected chi connectivity index (χ4v) is 2.15. The zero-order chi connectivity index (χ0) is 12.5. The van der Waals surface area contributed by atoms with Crippen molar-refractivity contribution in [3.05, 3.63) is 33.3 Å². The zero-order valence-electron chi connectivity index (χ0n) is 8.20. The van der Waals surface area contributed by atoms with Crippen LogP contribution in [0.5, 0.6) is 0 Å². The van der Waals surface area contributed by atoms with E-state index < -0.39 is 17.9 Å². The van der Waals surface area contributed by atoms with Gasteiger partial charge in [-0.25, -0.2) is 0 Å². The van der Waals surface area contributed by atoms with Crippen LogP contribution in [0.2, 0.25) is 10.0 Å². The van der Waals surface area contributed by atoms with Gasteiger partial charge in [-0.15, -0.1) is 0 Å². The van der Waals surface area contributed by atoms with Crippen LogP contribution in [0, 0.1) is 6.92 Å². The van der Waals surface area contributed by atoms with Gasteiger partial charge in [-0.3, -0.25) is 9.59 Å². The second-order valence-corrected chi connectivity index (χ2v) is 4.07. The molecular formula is C10H8Cl2O4.